The molecule has 2 rings (SSSR count). The molecule has 1 amide bonds. The molecule has 1 aromatic carbocycles. The zero-order valence-corrected chi connectivity index (χ0v) is 11.2. The lowest BCUT2D eigenvalue weighted by atomic mass is 10.1. The molecule has 0 fully saturated rings. The molecule has 0 aliphatic carbocycles. The summed E-state index contributed by atoms with van der Waals surface area (Å²) in [6.45, 7) is 1.98. The minimum Gasteiger partial charge on any atom is -0.316 e. The highest BCUT2D eigenvalue weighted by Gasteiger charge is 2.16. The fraction of sp³-hybridized carbons (Fsp3) is 0.143. The first-order valence-corrected chi connectivity index (χ1v) is 6.18. The number of hydrogen-bond acceptors (Lipinski definition) is 3. The molecule has 1 unspecified atom stereocenters. The van der Waals surface area contributed by atoms with Crippen LogP contribution >= 0.6 is 11.6 Å². The zero-order chi connectivity index (χ0) is 13.8. The highest BCUT2D eigenvalue weighted by atomic mass is 35.5. The van der Waals surface area contributed by atoms with Gasteiger partial charge < -0.3 is 11.1 Å². The number of carbonyl (C=O) groups excluding carboxylic acids is 1. The van der Waals surface area contributed by atoms with Gasteiger partial charge in [-0.3, -0.25) is 4.79 Å². The van der Waals surface area contributed by atoms with E-state index in [-0.39, 0.29) is 5.91 Å². The van der Waals surface area contributed by atoms with Gasteiger partial charge in [-0.05, 0) is 24.6 Å². The zero-order valence-electron chi connectivity index (χ0n) is 10.4. The van der Waals surface area contributed by atoms with Crippen LogP contribution in [0.2, 0.25) is 5.02 Å². The smallest absolute Gasteiger partial charge is 0.247 e. The highest BCUT2D eigenvalue weighted by Crippen LogP contribution is 2.16. The van der Waals surface area contributed by atoms with Crippen molar-refractivity contribution in [2.75, 3.05) is 5.32 Å². The summed E-state index contributed by atoms with van der Waals surface area (Å²) in [7, 11) is 0. The fourth-order valence-electron chi connectivity index (χ4n) is 1.60. The Balaban J connectivity index is 2.09. The van der Waals surface area contributed by atoms with Gasteiger partial charge in [0.05, 0.1) is 0 Å². The van der Waals surface area contributed by atoms with E-state index in [1.807, 2.05) is 31.2 Å². The number of carbonyl (C=O) groups is 1. The summed E-state index contributed by atoms with van der Waals surface area (Å²) in [5, 5.41) is 3.14. The molecule has 1 heterocycles. The van der Waals surface area contributed by atoms with E-state index in [0.717, 1.165) is 11.1 Å². The molecule has 0 bridgehead atoms. The lowest BCUT2D eigenvalue weighted by Crippen LogP contribution is -2.28. The van der Waals surface area contributed by atoms with Crippen LogP contribution in [0, 0.1) is 6.92 Å². The van der Waals surface area contributed by atoms with Gasteiger partial charge in [-0.15, -0.1) is 0 Å². The standard InChI is InChI=1S/C14H14ClN3O/c1-9-2-4-10(5-3-9)13(16)14(19)18-12-8-11(15)6-7-17-12/h2-8,13H,16H2,1H3,(H,17,18,19). The van der Waals surface area contributed by atoms with Crippen molar-refractivity contribution in [2.24, 2.45) is 5.73 Å². The Labute approximate surface area is 116 Å². The van der Waals surface area contributed by atoms with Crippen LogP contribution in [0.5, 0.6) is 0 Å². The second kappa shape index (κ2) is 5.82. The van der Waals surface area contributed by atoms with Gasteiger partial charge >= 0.3 is 0 Å². The van der Waals surface area contributed by atoms with Crippen LogP contribution in [0.25, 0.3) is 0 Å². The summed E-state index contributed by atoms with van der Waals surface area (Å²) < 4.78 is 0. The minimum atomic E-state index is -0.735. The number of nitrogens with one attached hydrogen (secondary N) is 1. The van der Waals surface area contributed by atoms with Crippen molar-refractivity contribution in [3.05, 3.63) is 58.7 Å². The number of amides is 1. The van der Waals surface area contributed by atoms with E-state index in [4.69, 9.17) is 17.3 Å². The maximum Gasteiger partial charge on any atom is 0.247 e. The number of benzene rings is 1. The summed E-state index contributed by atoms with van der Waals surface area (Å²) in [5.74, 6) is 0.0682. The van der Waals surface area contributed by atoms with Gasteiger partial charge in [-0.25, -0.2) is 4.98 Å². The summed E-state index contributed by atoms with van der Waals surface area (Å²) >= 11 is 5.82. The summed E-state index contributed by atoms with van der Waals surface area (Å²) in [6.07, 6.45) is 1.52. The monoisotopic (exact) mass is 275 g/mol. The number of aryl methyl sites for hydroxylation is 1. The third-order valence-corrected chi connectivity index (χ3v) is 2.93. The molecular formula is C14H14ClN3O. The molecule has 98 valence electrons. The molecule has 0 radical (unpaired) electrons. The molecule has 0 aliphatic heterocycles. The molecule has 2 aromatic rings. The van der Waals surface area contributed by atoms with Gasteiger partial charge in [-0.1, -0.05) is 41.4 Å². The van der Waals surface area contributed by atoms with Crippen molar-refractivity contribution < 1.29 is 4.79 Å². The Morgan fingerprint density at radius 2 is 2.00 bits per heavy atom. The molecular weight excluding hydrogens is 262 g/mol. The molecule has 1 atom stereocenters. The van der Waals surface area contributed by atoms with E-state index in [0.29, 0.717) is 10.8 Å². The van der Waals surface area contributed by atoms with Crippen LogP contribution in [-0.4, -0.2) is 10.9 Å². The largest absolute Gasteiger partial charge is 0.316 e. The number of nitrogens with zero attached hydrogens (tertiary/aromatic N) is 1. The molecule has 1 aromatic heterocycles. The van der Waals surface area contributed by atoms with E-state index in [2.05, 4.69) is 10.3 Å². The van der Waals surface area contributed by atoms with Crippen LogP contribution in [0.4, 0.5) is 5.82 Å². The van der Waals surface area contributed by atoms with Gasteiger partial charge in [0.2, 0.25) is 5.91 Å². The third kappa shape index (κ3) is 3.53. The lowest BCUT2D eigenvalue weighted by molar-refractivity contribution is -0.117. The van der Waals surface area contributed by atoms with Gasteiger partial charge in [0, 0.05) is 11.2 Å². The first kappa shape index (κ1) is 13.5. The Kier molecular flexibility index (Phi) is 4.14. The predicted molar refractivity (Wildman–Crippen MR) is 76.0 cm³/mol. The van der Waals surface area contributed by atoms with Crippen LogP contribution in [0.1, 0.15) is 17.2 Å². The van der Waals surface area contributed by atoms with Gasteiger partial charge in [-0.2, -0.15) is 0 Å². The second-order valence-electron chi connectivity index (χ2n) is 4.24. The molecule has 4 nitrogen and oxygen atoms in total. The summed E-state index contributed by atoms with van der Waals surface area (Å²) in [5.41, 5.74) is 7.77. The fourth-order valence-corrected chi connectivity index (χ4v) is 1.76. The topological polar surface area (TPSA) is 68.0 Å². The molecule has 3 N–H and O–H groups in total. The van der Waals surface area contributed by atoms with Crippen LogP contribution in [0.3, 0.4) is 0 Å². The average Bonchev–Trinajstić information content (AvgIpc) is 2.39. The predicted octanol–water partition coefficient (Wildman–Crippen LogP) is 2.68. The highest BCUT2D eigenvalue weighted by molar-refractivity contribution is 6.30. The number of aromatic nitrogens is 1. The normalized spacial score (nSPS) is 11.9. The van der Waals surface area contributed by atoms with Gasteiger partial charge in [0.1, 0.15) is 11.9 Å². The molecule has 5 heteroatoms. The summed E-state index contributed by atoms with van der Waals surface area (Å²) in [4.78, 5) is 16.0. The molecule has 0 saturated carbocycles. The molecule has 0 aliphatic rings. The second-order valence-corrected chi connectivity index (χ2v) is 4.67. The average molecular weight is 276 g/mol. The van der Waals surface area contributed by atoms with Gasteiger partial charge in [0.25, 0.3) is 0 Å². The number of nitrogens with two attached hydrogens (primary N) is 1. The first-order chi connectivity index (χ1) is 9.06. The van der Waals surface area contributed by atoms with Crippen molar-refractivity contribution >= 4 is 23.3 Å². The van der Waals surface area contributed by atoms with Crippen molar-refractivity contribution in [2.45, 2.75) is 13.0 Å². The van der Waals surface area contributed by atoms with E-state index < -0.39 is 6.04 Å². The van der Waals surface area contributed by atoms with E-state index >= 15 is 0 Å². The summed E-state index contributed by atoms with van der Waals surface area (Å²) in [6, 6.07) is 9.98. The first-order valence-electron chi connectivity index (χ1n) is 5.81. The lowest BCUT2D eigenvalue weighted by Gasteiger charge is -2.12. The van der Waals surface area contributed by atoms with Crippen LogP contribution in [-0.2, 0) is 4.79 Å². The maximum absolute atomic E-state index is 12.0. The van der Waals surface area contributed by atoms with E-state index in [1.54, 1.807) is 12.1 Å². The third-order valence-electron chi connectivity index (χ3n) is 2.69. The number of rotatable bonds is 3. The van der Waals surface area contributed by atoms with Gasteiger partial charge in [0.15, 0.2) is 0 Å². The number of halogens is 1. The molecule has 0 saturated heterocycles. The Morgan fingerprint density at radius 1 is 1.32 bits per heavy atom. The number of anilines is 1. The number of pyridine rings is 1. The van der Waals surface area contributed by atoms with Crippen LogP contribution < -0.4 is 11.1 Å². The number of hydrogen-bond donors (Lipinski definition) is 2. The van der Waals surface area contributed by atoms with Crippen molar-refractivity contribution in [3.63, 3.8) is 0 Å². The Bertz CT molecular complexity index is 583. The Hall–Kier alpha value is -1.91. The maximum atomic E-state index is 12.0. The molecule has 19 heavy (non-hydrogen) atoms. The van der Waals surface area contributed by atoms with Crippen LogP contribution in [0.15, 0.2) is 42.6 Å². The van der Waals surface area contributed by atoms with Crippen molar-refractivity contribution in [1.29, 1.82) is 0 Å². The quantitative estimate of drug-likeness (QED) is 0.905. The minimum absolute atomic E-state index is 0.321. The van der Waals surface area contributed by atoms with Crippen molar-refractivity contribution in [1.82, 2.24) is 4.98 Å². The van der Waals surface area contributed by atoms with E-state index in [9.17, 15) is 4.79 Å². The van der Waals surface area contributed by atoms with E-state index in [1.165, 1.54) is 6.20 Å². The Morgan fingerprint density at radius 3 is 2.63 bits per heavy atom. The molecule has 0 spiro atoms. The van der Waals surface area contributed by atoms with Crippen molar-refractivity contribution in [3.8, 4) is 0 Å². The SMILES string of the molecule is Cc1ccc(C(N)C(=O)Nc2cc(Cl)ccn2)cc1.